The van der Waals surface area contributed by atoms with Gasteiger partial charge in [-0.1, -0.05) is 23.2 Å². The maximum Gasteiger partial charge on any atom is 0.258 e. The summed E-state index contributed by atoms with van der Waals surface area (Å²) in [5.41, 5.74) is 2.72. The van der Waals surface area contributed by atoms with E-state index in [1.54, 1.807) is 12.1 Å². The van der Waals surface area contributed by atoms with Gasteiger partial charge in [-0.05, 0) is 69.7 Å². The first-order chi connectivity index (χ1) is 14.4. The van der Waals surface area contributed by atoms with Gasteiger partial charge in [0, 0.05) is 44.1 Å². The van der Waals surface area contributed by atoms with E-state index in [2.05, 4.69) is 46.2 Å². The molecule has 1 unspecified atom stereocenters. The number of aromatic nitrogens is 1. The monoisotopic (exact) mass is 426 g/mol. The van der Waals surface area contributed by atoms with Crippen molar-refractivity contribution in [3.8, 4) is 0 Å². The molecule has 0 bridgehead atoms. The smallest absolute Gasteiger partial charge is 0.258 e. The normalized spacial score (nSPS) is 18.8. The number of aryl methyl sites for hydroxylation is 1. The van der Waals surface area contributed by atoms with Gasteiger partial charge in [0.25, 0.3) is 5.91 Å². The van der Waals surface area contributed by atoms with Crippen molar-refractivity contribution in [2.75, 3.05) is 30.4 Å². The van der Waals surface area contributed by atoms with Crippen molar-refractivity contribution in [1.82, 2.24) is 9.88 Å². The largest absolute Gasteiger partial charge is 0.371 e. The number of carbonyl (C=O) groups is 1. The van der Waals surface area contributed by atoms with Crippen LogP contribution in [0.2, 0.25) is 5.02 Å². The molecule has 1 saturated carbocycles. The van der Waals surface area contributed by atoms with E-state index < -0.39 is 0 Å². The summed E-state index contributed by atoms with van der Waals surface area (Å²) in [6, 6.07) is 10.7. The Bertz CT molecular complexity index is 889. The molecule has 0 spiro atoms. The molecule has 0 radical (unpaired) electrons. The molecule has 2 heterocycles. The fourth-order valence-corrected chi connectivity index (χ4v) is 4.64. The van der Waals surface area contributed by atoms with E-state index in [1.807, 2.05) is 13.0 Å². The highest BCUT2D eigenvalue weighted by Gasteiger charge is 2.34. The molecule has 5 nitrogen and oxygen atoms in total. The lowest BCUT2D eigenvalue weighted by atomic mass is 9.99. The molecule has 1 aliphatic heterocycles. The minimum absolute atomic E-state index is 0.143. The number of nitrogens with zero attached hydrogens (tertiary/aromatic N) is 3. The number of anilines is 2. The SMILES string of the molecule is Cc1ccc(N(C)C2CCN(C(C)C3CC3)CC2)c(C(=O)Nc2ccc(Cl)cn2)c1. The molecule has 1 aromatic heterocycles. The zero-order valence-electron chi connectivity index (χ0n) is 18.1. The number of nitrogens with one attached hydrogen (secondary N) is 1. The maximum atomic E-state index is 13.1. The highest BCUT2D eigenvalue weighted by molar-refractivity contribution is 6.30. The van der Waals surface area contributed by atoms with E-state index >= 15 is 0 Å². The van der Waals surface area contributed by atoms with Gasteiger partial charge in [-0.15, -0.1) is 0 Å². The summed E-state index contributed by atoms with van der Waals surface area (Å²) in [6.45, 7) is 6.66. The summed E-state index contributed by atoms with van der Waals surface area (Å²) >= 11 is 5.90. The van der Waals surface area contributed by atoms with Gasteiger partial charge in [0.2, 0.25) is 0 Å². The van der Waals surface area contributed by atoms with Crippen molar-refractivity contribution in [3.05, 3.63) is 52.7 Å². The van der Waals surface area contributed by atoms with Crippen LogP contribution in [-0.4, -0.2) is 48.0 Å². The van der Waals surface area contributed by atoms with Crippen molar-refractivity contribution in [1.29, 1.82) is 0 Å². The van der Waals surface area contributed by atoms with Gasteiger partial charge >= 0.3 is 0 Å². The van der Waals surface area contributed by atoms with Crippen molar-refractivity contribution >= 4 is 29.0 Å². The van der Waals surface area contributed by atoms with Crippen molar-refractivity contribution in [2.45, 2.75) is 51.6 Å². The topological polar surface area (TPSA) is 48.5 Å². The van der Waals surface area contributed by atoms with Crippen LogP contribution in [0.5, 0.6) is 0 Å². The number of rotatable bonds is 6. The van der Waals surface area contributed by atoms with Gasteiger partial charge in [0.1, 0.15) is 5.82 Å². The lowest BCUT2D eigenvalue weighted by Gasteiger charge is -2.40. The predicted octanol–water partition coefficient (Wildman–Crippen LogP) is 4.99. The second-order valence-electron chi connectivity index (χ2n) is 8.79. The van der Waals surface area contributed by atoms with Crippen LogP contribution >= 0.6 is 11.6 Å². The molecule has 2 aliphatic rings. The summed E-state index contributed by atoms with van der Waals surface area (Å²) in [5, 5.41) is 3.46. The Kier molecular flexibility index (Phi) is 6.30. The van der Waals surface area contributed by atoms with Crippen LogP contribution in [0.15, 0.2) is 36.5 Å². The summed E-state index contributed by atoms with van der Waals surface area (Å²) in [5.74, 6) is 1.27. The van der Waals surface area contributed by atoms with Gasteiger partial charge in [-0.25, -0.2) is 4.98 Å². The highest BCUT2D eigenvalue weighted by atomic mass is 35.5. The molecular weight excluding hydrogens is 396 g/mol. The molecule has 1 N–H and O–H groups in total. The number of pyridine rings is 1. The van der Waals surface area contributed by atoms with Crippen molar-refractivity contribution < 1.29 is 4.79 Å². The van der Waals surface area contributed by atoms with Gasteiger partial charge in [-0.2, -0.15) is 0 Å². The predicted molar refractivity (Wildman–Crippen MR) is 124 cm³/mol. The van der Waals surface area contributed by atoms with Crippen LogP contribution in [0.25, 0.3) is 0 Å². The van der Waals surface area contributed by atoms with Gasteiger partial charge in [0.05, 0.1) is 10.6 Å². The van der Waals surface area contributed by atoms with Crippen molar-refractivity contribution in [3.63, 3.8) is 0 Å². The molecule has 2 aromatic rings. The van der Waals surface area contributed by atoms with Crippen LogP contribution < -0.4 is 10.2 Å². The zero-order valence-corrected chi connectivity index (χ0v) is 18.8. The minimum Gasteiger partial charge on any atom is -0.371 e. The summed E-state index contributed by atoms with van der Waals surface area (Å²) in [7, 11) is 2.12. The summed E-state index contributed by atoms with van der Waals surface area (Å²) in [4.78, 5) is 22.2. The molecule has 1 aliphatic carbocycles. The molecule has 30 heavy (non-hydrogen) atoms. The van der Waals surface area contributed by atoms with Crippen LogP contribution in [0, 0.1) is 12.8 Å². The third kappa shape index (κ3) is 4.79. The standard InChI is InChI=1S/C24H31ClN4O/c1-16-4-8-22(21(14-16)24(30)27-23-9-7-19(25)15-26-23)28(3)20-10-12-29(13-11-20)17(2)18-5-6-18/h4,7-9,14-15,17-18,20H,5-6,10-13H2,1-3H3,(H,26,27,30). The Hall–Kier alpha value is -2.11. The van der Waals surface area contributed by atoms with Crippen LogP contribution in [0.4, 0.5) is 11.5 Å². The van der Waals surface area contributed by atoms with Gasteiger partial charge < -0.3 is 15.1 Å². The Morgan fingerprint density at radius 3 is 2.57 bits per heavy atom. The van der Waals surface area contributed by atoms with Gasteiger partial charge in [-0.3, -0.25) is 4.79 Å². The molecule has 1 aromatic carbocycles. The number of amides is 1. The first-order valence-electron chi connectivity index (χ1n) is 10.9. The lowest BCUT2D eigenvalue weighted by Crippen LogP contribution is -2.47. The number of halogens is 1. The number of hydrogen-bond acceptors (Lipinski definition) is 4. The van der Waals surface area contributed by atoms with E-state index in [0.717, 1.165) is 43.1 Å². The van der Waals surface area contributed by atoms with E-state index in [4.69, 9.17) is 11.6 Å². The molecule has 1 atom stereocenters. The third-order valence-corrected chi connectivity index (χ3v) is 6.90. The number of benzene rings is 1. The van der Waals surface area contributed by atoms with E-state index in [9.17, 15) is 4.79 Å². The molecule has 1 amide bonds. The van der Waals surface area contributed by atoms with Crippen LogP contribution in [-0.2, 0) is 0 Å². The third-order valence-electron chi connectivity index (χ3n) is 6.67. The summed E-state index contributed by atoms with van der Waals surface area (Å²) < 4.78 is 0. The molecule has 6 heteroatoms. The fourth-order valence-electron chi connectivity index (χ4n) is 4.53. The van der Waals surface area contributed by atoms with Crippen molar-refractivity contribution in [2.24, 2.45) is 5.92 Å². The second-order valence-corrected chi connectivity index (χ2v) is 9.23. The molecule has 1 saturated heterocycles. The average Bonchev–Trinajstić information content (AvgIpc) is 3.60. The first kappa shape index (κ1) is 21.1. The molecule has 4 rings (SSSR count). The Morgan fingerprint density at radius 2 is 1.93 bits per heavy atom. The van der Waals surface area contributed by atoms with E-state index in [1.165, 1.54) is 19.0 Å². The number of likely N-dealkylation sites (tertiary alicyclic amines) is 1. The van der Waals surface area contributed by atoms with E-state index in [-0.39, 0.29) is 5.91 Å². The quantitative estimate of drug-likeness (QED) is 0.706. The zero-order chi connectivity index (χ0) is 21.3. The van der Waals surface area contributed by atoms with E-state index in [0.29, 0.717) is 28.5 Å². The number of carbonyl (C=O) groups excluding carboxylic acids is 1. The molecular formula is C24H31ClN4O. The lowest BCUT2D eigenvalue weighted by molar-refractivity contribution is 0.102. The fraction of sp³-hybridized carbons (Fsp3) is 0.500. The maximum absolute atomic E-state index is 13.1. The van der Waals surface area contributed by atoms with Gasteiger partial charge in [0.15, 0.2) is 0 Å². The molecule has 2 fully saturated rings. The van der Waals surface area contributed by atoms with Crippen LogP contribution in [0.1, 0.15) is 48.5 Å². The summed E-state index contributed by atoms with van der Waals surface area (Å²) in [6.07, 6.45) is 6.58. The minimum atomic E-state index is -0.143. The Balaban J connectivity index is 1.47. The highest BCUT2D eigenvalue weighted by Crippen LogP contribution is 2.36. The van der Waals surface area contributed by atoms with Crippen LogP contribution in [0.3, 0.4) is 0 Å². The first-order valence-corrected chi connectivity index (χ1v) is 11.3. The second kappa shape index (κ2) is 8.94. The average molecular weight is 427 g/mol. The number of piperidine rings is 1. The Labute approximate surface area is 184 Å². The molecule has 160 valence electrons. The number of hydrogen-bond donors (Lipinski definition) is 1. The Morgan fingerprint density at radius 1 is 1.20 bits per heavy atom.